The van der Waals surface area contributed by atoms with Gasteiger partial charge in [0.05, 0.1) is 5.69 Å². The molecule has 2 rings (SSSR count). The van der Waals surface area contributed by atoms with Crippen molar-refractivity contribution in [2.24, 2.45) is 5.73 Å². The van der Waals surface area contributed by atoms with E-state index in [0.29, 0.717) is 6.54 Å². The van der Waals surface area contributed by atoms with Gasteiger partial charge in [0.2, 0.25) is 0 Å². The van der Waals surface area contributed by atoms with Crippen LogP contribution in [0.2, 0.25) is 5.02 Å². The molecule has 1 aromatic heterocycles. The van der Waals surface area contributed by atoms with E-state index in [1.807, 2.05) is 24.3 Å². The van der Waals surface area contributed by atoms with Crippen molar-refractivity contribution in [1.29, 1.82) is 0 Å². The largest absolute Gasteiger partial charge is 0.330 e. The Kier molecular flexibility index (Phi) is 3.59. The Morgan fingerprint density at radius 2 is 2.00 bits per heavy atom. The van der Waals surface area contributed by atoms with Crippen molar-refractivity contribution in [3.05, 3.63) is 39.9 Å². The third-order valence-corrected chi connectivity index (χ3v) is 3.68. The van der Waals surface area contributed by atoms with Crippen molar-refractivity contribution in [2.45, 2.75) is 13.3 Å². The lowest BCUT2D eigenvalue weighted by Gasteiger charge is -1.95. The molecule has 1 aromatic carbocycles. The Bertz CT molecular complexity index is 476. The fourth-order valence-electron chi connectivity index (χ4n) is 1.51. The summed E-state index contributed by atoms with van der Waals surface area (Å²) < 4.78 is 0. The van der Waals surface area contributed by atoms with Gasteiger partial charge in [0, 0.05) is 21.9 Å². The normalized spacial score (nSPS) is 10.7. The van der Waals surface area contributed by atoms with E-state index in [-0.39, 0.29) is 0 Å². The Morgan fingerprint density at radius 1 is 1.31 bits per heavy atom. The van der Waals surface area contributed by atoms with E-state index >= 15 is 0 Å². The van der Waals surface area contributed by atoms with Crippen molar-refractivity contribution in [3.8, 4) is 10.6 Å². The van der Waals surface area contributed by atoms with E-state index < -0.39 is 0 Å². The molecule has 0 saturated heterocycles. The summed E-state index contributed by atoms with van der Waals surface area (Å²) in [5.74, 6) is 0. The maximum absolute atomic E-state index is 5.85. The van der Waals surface area contributed by atoms with Gasteiger partial charge in [-0.1, -0.05) is 23.7 Å². The Hall–Kier alpha value is -0.900. The maximum atomic E-state index is 5.85. The van der Waals surface area contributed by atoms with Crippen molar-refractivity contribution in [1.82, 2.24) is 4.98 Å². The summed E-state index contributed by atoms with van der Waals surface area (Å²) in [5.41, 5.74) is 7.76. The van der Waals surface area contributed by atoms with Crippen LogP contribution >= 0.6 is 22.9 Å². The molecule has 2 nitrogen and oxygen atoms in total. The number of benzene rings is 1. The SMILES string of the molecule is Cc1sc(-c2ccc(Cl)cc2)nc1CCN. The van der Waals surface area contributed by atoms with Crippen LogP contribution in [0.3, 0.4) is 0 Å². The fraction of sp³-hybridized carbons (Fsp3) is 0.250. The Labute approximate surface area is 104 Å². The first kappa shape index (κ1) is 11.6. The summed E-state index contributed by atoms with van der Waals surface area (Å²) in [6.07, 6.45) is 0.843. The maximum Gasteiger partial charge on any atom is 0.123 e. The van der Waals surface area contributed by atoms with Gasteiger partial charge < -0.3 is 5.73 Å². The van der Waals surface area contributed by atoms with Crippen LogP contribution in [-0.2, 0) is 6.42 Å². The molecule has 0 aliphatic rings. The van der Waals surface area contributed by atoms with Crippen LogP contribution in [-0.4, -0.2) is 11.5 Å². The van der Waals surface area contributed by atoms with Crippen molar-refractivity contribution < 1.29 is 0 Å². The lowest BCUT2D eigenvalue weighted by atomic mass is 10.2. The molecule has 16 heavy (non-hydrogen) atoms. The number of hydrogen-bond acceptors (Lipinski definition) is 3. The highest BCUT2D eigenvalue weighted by Crippen LogP contribution is 2.28. The topological polar surface area (TPSA) is 38.9 Å². The van der Waals surface area contributed by atoms with Crippen molar-refractivity contribution >= 4 is 22.9 Å². The zero-order chi connectivity index (χ0) is 11.5. The zero-order valence-corrected chi connectivity index (χ0v) is 10.6. The standard InChI is InChI=1S/C12H13ClN2S/c1-8-11(6-7-14)15-12(16-8)9-2-4-10(13)5-3-9/h2-5H,6-7,14H2,1H3. The molecule has 0 atom stereocenters. The number of thiazole rings is 1. The molecule has 0 aliphatic heterocycles. The molecule has 1 heterocycles. The molecule has 0 saturated carbocycles. The number of aromatic nitrogens is 1. The second-order valence-corrected chi connectivity index (χ2v) is 5.21. The molecular formula is C12H13ClN2S. The number of rotatable bonds is 3. The highest BCUT2D eigenvalue weighted by molar-refractivity contribution is 7.15. The predicted octanol–water partition coefficient (Wildman–Crippen LogP) is 3.27. The minimum absolute atomic E-state index is 0.643. The highest BCUT2D eigenvalue weighted by atomic mass is 35.5. The quantitative estimate of drug-likeness (QED) is 0.911. The summed E-state index contributed by atoms with van der Waals surface area (Å²) in [7, 11) is 0. The van der Waals surface area contributed by atoms with E-state index in [1.54, 1.807) is 11.3 Å². The van der Waals surface area contributed by atoms with E-state index in [2.05, 4.69) is 11.9 Å². The number of hydrogen-bond donors (Lipinski definition) is 1. The summed E-state index contributed by atoms with van der Waals surface area (Å²) in [4.78, 5) is 5.84. The van der Waals surface area contributed by atoms with Crippen LogP contribution < -0.4 is 5.73 Å². The second-order valence-electron chi connectivity index (χ2n) is 3.57. The molecule has 0 unspecified atom stereocenters. The second kappa shape index (κ2) is 4.95. The van der Waals surface area contributed by atoms with Gasteiger partial charge in [-0.25, -0.2) is 4.98 Å². The molecule has 0 aliphatic carbocycles. The number of halogens is 1. The first-order valence-corrected chi connectivity index (χ1v) is 6.32. The molecule has 0 radical (unpaired) electrons. The minimum Gasteiger partial charge on any atom is -0.330 e. The molecule has 0 amide bonds. The van der Waals surface area contributed by atoms with Crippen LogP contribution in [0.5, 0.6) is 0 Å². The molecule has 84 valence electrons. The summed E-state index contributed by atoms with van der Waals surface area (Å²) >= 11 is 7.56. The van der Waals surface area contributed by atoms with Crippen LogP contribution in [0.15, 0.2) is 24.3 Å². The lowest BCUT2D eigenvalue weighted by Crippen LogP contribution is -2.03. The highest BCUT2D eigenvalue weighted by Gasteiger charge is 2.08. The first-order valence-electron chi connectivity index (χ1n) is 5.13. The fourth-order valence-corrected chi connectivity index (χ4v) is 2.60. The smallest absolute Gasteiger partial charge is 0.123 e. The van der Waals surface area contributed by atoms with Crippen LogP contribution in [0.4, 0.5) is 0 Å². The number of nitrogens with zero attached hydrogens (tertiary/aromatic N) is 1. The molecule has 2 aromatic rings. The Morgan fingerprint density at radius 3 is 2.62 bits per heavy atom. The van der Waals surface area contributed by atoms with Crippen LogP contribution in [0.25, 0.3) is 10.6 Å². The molecule has 4 heteroatoms. The average Bonchev–Trinajstić information content (AvgIpc) is 2.62. The average molecular weight is 253 g/mol. The third-order valence-electron chi connectivity index (χ3n) is 2.36. The van der Waals surface area contributed by atoms with Gasteiger partial charge in [0.1, 0.15) is 5.01 Å². The van der Waals surface area contributed by atoms with Crippen molar-refractivity contribution in [2.75, 3.05) is 6.54 Å². The number of aryl methyl sites for hydroxylation is 1. The van der Waals surface area contributed by atoms with Crippen LogP contribution in [0.1, 0.15) is 10.6 Å². The zero-order valence-electron chi connectivity index (χ0n) is 9.03. The van der Waals surface area contributed by atoms with Crippen molar-refractivity contribution in [3.63, 3.8) is 0 Å². The van der Waals surface area contributed by atoms with Gasteiger partial charge in [-0.05, 0) is 25.6 Å². The van der Waals surface area contributed by atoms with Gasteiger partial charge >= 0.3 is 0 Å². The Balaban J connectivity index is 2.33. The van der Waals surface area contributed by atoms with E-state index in [1.165, 1.54) is 4.88 Å². The van der Waals surface area contributed by atoms with Gasteiger partial charge in [-0.2, -0.15) is 0 Å². The lowest BCUT2D eigenvalue weighted by molar-refractivity contribution is 0.927. The predicted molar refractivity (Wildman–Crippen MR) is 70.1 cm³/mol. The summed E-state index contributed by atoms with van der Waals surface area (Å²) in [6.45, 7) is 2.73. The first-order chi connectivity index (χ1) is 7.70. The van der Waals surface area contributed by atoms with Gasteiger partial charge in [0.15, 0.2) is 0 Å². The minimum atomic E-state index is 0.643. The van der Waals surface area contributed by atoms with Crippen LogP contribution in [0, 0.1) is 6.92 Å². The van der Waals surface area contributed by atoms with E-state index in [4.69, 9.17) is 17.3 Å². The van der Waals surface area contributed by atoms with E-state index in [0.717, 1.165) is 27.7 Å². The van der Waals surface area contributed by atoms with Gasteiger partial charge in [0.25, 0.3) is 0 Å². The summed E-state index contributed by atoms with van der Waals surface area (Å²) in [6, 6.07) is 7.76. The number of nitrogens with two attached hydrogens (primary N) is 1. The molecular weight excluding hydrogens is 240 g/mol. The monoisotopic (exact) mass is 252 g/mol. The molecule has 0 bridgehead atoms. The van der Waals surface area contributed by atoms with Gasteiger partial charge in [-0.15, -0.1) is 11.3 Å². The molecule has 0 spiro atoms. The van der Waals surface area contributed by atoms with E-state index in [9.17, 15) is 0 Å². The van der Waals surface area contributed by atoms with Gasteiger partial charge in [-0.3, -0.25) is 0 Å². The summed E-state index contributed by atoms with van der Waals surface area (Å²) in [5, 5.41) is 1.79. The molecule has 0 fully saturated rings. The third kappa shape index (κ3) is 2.43. The molecule has 2 N–H and O–H groups in total.